The van der Waals surface area contributed by atoms with Crippen LogP contribution in [0.1, 0.15) is 97.8 Å². The summed E-state index contributed by atoms with van der Waals surface area (Å²) >= 11 is 0. The lowest BCUT2D eigenvalue weighted by atomic mass is 9.83. The number of anilines is 2. The Balaban J connectivity index is 0.000000172. The fraction of sp³-hybridized carbons (Fsp3) is 0.409. The van der Waals surface area contributed by atoms with Crippen molar-refractivity contribution >= 4 is 35.0 Å². The minimum absolute atomic E-state index is 0.127. The fourth-order valence-electron chi connectivity index (χ4n) is 8.42. The topological polar surface area (TPSA) is 125 Å². The van der Waals surface area contributed by atoms with Crippen LogP contribution in [0.2, 0.25) is 0 Å². The van der Waals surface area contributed by atoms with E-state index in [2.05, 4.69) is 32.7 Å². The molecule has 2 N–H and O–H groups in total. The molecule has 2 aliphatic heterocycles. The van der Waals surface area contributed by atoms with Gasteiger partial charge in [0, 0.05) is 87.1 Å². The van der Waals surface area contributed by atoms with Crippen LogP contribution < -0.4 is 20.4 Å². The Labute approximate surface area is 326 Å². The van der Waals surface area contributed by atoms with Crippen molar-refractivity contribution < 1.29 is 28.0 Å². The summed E-state index contributed by atoms with van der Waals surface area (Å²) in [6.45, 7) is 3.52. The third-order valence-corrected chi connectivity index (χ3v) is 11.7. The predicted octanol–water partition coefficient (Wildman–Crippen LogP) is 7.02. The molecule has 0 fully saturated rings. The molecule has 4 aromatic rings. The van der Waals surface area contributed by atoms with E-state index >= 15 is 0 Å². The standard InChI is InChI=1S/2C22H24FN3O2/c2*1-3-20(27)25-22-17-12-24-11-16(15(17)6-7-18(22)23)13-4-8-19-14(10-13)5-9-21(28)26(19)2/h2*4,8,10-12,18,22H,3,5-7,9H2,1-2H3,(H,25,27)/t2*18-,22-/m10/s1. The average molecular weight is 763 g/mol. The second kappa shape index (κ2) is 16.3. The largest absolute Gasteiger partial charge is 0.346 e. The molecule has 2 aromatic carbocycles. The third kappa shape index (κ3) is 7.53. The Morgan fingerprint density at radius 1 is 0.643 bits per heavy atom. The number of aryl methyl sites for hydroxylation is 2. The molecule has 0 saturated heterocycles. The van der Waals surface area contributed by atoms with Gasteiger partial charge in [-0.15, -0.1) is 0 Å². The summed E-state index contributed by atoms with van der Waals surface area (Å²) in [5.41, 5.74) is 11.8. The number of nitrogens with one attached hydrogen (secondary N) is 2. The molecule has 4 amide bonds. The molecule has 56 heavy (non-hydrogen) atoms. The van der Waals surface area contributed by atoms with Gasteiger partial charge in [0.25, 0.3) is 0 Å². The lowest BCUT2D eigenvalue weighted by molar-refractivity contribution is -0.122. The normalized spacial score (nSPS) is 21.1. The number of carbonyl (C=O) groups is 4. The smallest absolute Gasteiger partial charge is 0.227 e. The van der Waals surface area contributed by atoms with Crippen molar-refractivity contribution in [2.45, 2.75) is 102 Å². The van der Waals surface area contributed by atoms with E-state index in [0.29, 0.717) is 51.4 Å². The monoisotopic (exact) mass is 762 g/mol. The van der Waals surface area contributed by atoms with Gasteiger partial charge in [-0.1, -0.05) is 26.0 Å². The zero-order valence-electron chi connectivity index (χ0n) is 32.3. The van der Waals surface area contributed by atoms with Crippen LogP contribution in [0.5, 0.6) is 0 Å². The summed E-state index contributed by atoms with van der Waals surface area (Å²) in [6.07, 6.45) is 9.84. The first kappa shape index (κ1) is 38.7. The van der Waals surface area contributed by atoms with Crippen molar-refractivity contribution in [2.24, 2.45) is 0 Å². The highest BCUT2D eigenvalue weighted by Gasteiger charge is 2.34. The van der Waals surface area contributed by atoms with Crippen LogP contribution in [0.15, 0.2) is 61.2 Å². The quantitative estimate of drug-likeness (QED) is 0.218. The van der Waals surface area contributed by atoms with Crippen molar-refractivity contribution in [1.82, 2.24) is 20.6 Å². The molecule has 292 valence electrons. The van der Waals surface area contributed by atoms with Crippen molar-refractivity contribution in [3.63, 3.8) is 0 Å². The van der Waals surface area contributed by atoms with Crippen LogP contribution in [0.3, 0.4) is 0 Å². The van der Waals surface area contributed by atoms with Gasteiger partial charge < -0.3 is 20.4 Å². The summed E-state index contributed by atoms with van der Waals surface area (Å²) in [6, 6.07) is 10.8. The number of pyridine rings is 2. The molecule has 10 nitrogen and oxygen atoms in total. The number of halogens is 2. The van der Waals surface area contributed by atoms with Crippen LogP contribution in [0.25, 0.3) is 22.3 Å². The maximum absolute atomic E-state index is 14.6. The number of fused-ring (bicyclic) bond motifs is 4. The number of alkyl halides is 2. The van der Waals surface area contributed by atoms with Crippen molar-refractivity contribution in [3.05, 3.63) is 94.6 Å². The maximum atomic E-state index is 14.6. The first-order valence-corrected chi connectivity index (χ1v) is 19.6. The lowest BCUT2D eigenvalue weighted by Gasteiger charge is -2.31. The van der Waals surface area contributed by atoms with Gasteiger partial charge in [0.15, 0.2) is 0 Å². The zero-order valence-corrected chi connectivity index (χ0v) is 32.3. The lowest BCUT2D eigenvalue weighted by Crippen LogP contribution is -2.37. The Morgan fingerprint density at radius 3 is 1.45 bits per heavy atom. The van der Waals surface area contributed by atoms with Crippen LogP contribution in [-0.4, -0.2) is 60.0 Å². The fourth-order valence-corrected chi connectivity index (χ4v) is 8.42. The molecular weight excluding hydrogens is 715 g/mol. The minimum Gasteiger partial charge on any atom is -0.346 e. The summed E-state index contributed by atoms with van der Waals surface area (Å²) < 4.78 is 29.2. The predicted molar refractivity (Wildman–Crippen MR) is 212 cm³/mol. The summed E-state index contributed by atoms with van der Waals surface area (Å²) in [5.74, 6) is -0.0650. The molecular formula is C44H48F2N6O4. The Bertz CT molecular complexity index is 2040. The zero-order chi connectivity index (χ0) is 39.7. The number of hydrogen-bond acceptors (Lipinski definition) is 6. The van der Waals surface area contributed by atoms with E-state index < -0.39 is 24.4 Å². The Kier molecular flexibility index (Phi) is 11.3. The second-order valence-corrected chi connectivity index (χ2v) is 15.0. The van der Waals surface area contributed by atoms with Crippen molar-refractivity contribution in [1.29, 1.82) is 0 Å². The Morgan fingerprint density at radius 2 is 1.05 bits per heavy atom. The van der Waals surface area contributed by atoms with E-state index in [1.807, 2.05) is 36.7 Å². The van der Waals surface area contributed by atoms with Gasteiger partial charge in [-0.3, -0.25) is 29.1 Å². The number of hydrogen-bond donors (Lipinski definition) is 2. The summed E-state index contributed by atoms with van der Waals surface area (Å²) in [5, 5.41) is 5.63. The number of rotatable bonds is 6. The molecule has 8 rings (SSSR count). The minimum atomic E-state index is -1.11. The van der Waals surface area contributed by atoms with E-state index in [9.17, 15) is 28.0 Å². The molecule has 0 unspecified atom stereocenters. The number of benzene rings is 2. The van der Waals surface area contributed by atoms with Crippen LogP contribution in [0, 0.1) is 0 Å². The van der Waals surface area contributed by atoms with Gasteiger partial charge in [0.2, 0.25) is 23.6 Å². The van der Waals surface area contributed by atoms with E-state index in [-0.39, 0.29) is 23.6 Å². The van der Waals surface area contributed by atoms with Gasteiger partial charge in [0.05, 0.1) is 12.1 Å². The van der Waals surface area contributed by atoms with E-state index in [4.69, 9.17) is 0 Å². The highest BCUT2D eigenvalue weighted by atomic mass is 19.1. The maximum Gasteiger partial charge on any atom is 0.227 e. The highest BCUT2D eigenvalue weighted by molar-refractivity contribution is 5.97. The molecule has 4 aliphatic rings. The summed E-state index contributed by atoms with van der Waals surface area (Å²) in [4.78, 5) is 59.7. The number of nitrogens with zero attached hydrogens (tertiary/aromatic N) is 4. The van der Waals surface area contributed by atoms with Gasteiger partial charge in [-0.2, -0.15) is 0 Å². The van der Waals surface area contributed by atoms with E-state index in [1.54, 1.807) is 50.1 Å². The number of carbonyl (C=O) groups excluding carboxylic acids is 4. The summed E-state index contributed by atoms with van der Waals surface area (Å²) in [7, 11) is 3.60. The Hall–Kier alpha value is -5.52. The van der Waals surface area contributed by atoms with Crippen molar-refractivity contribution in [2.75, 3.05) is 23.9 Å². The van der Waals surface area contributed by atoms with Crippen LogP contribution >= 0.6 is 0 Å². The van der Waals surface area contributed by atoms with Crippen LogP contribution in [-0.2, 0) is 44.9 Å². The van der Waals surface area contributed by atoms with Gasteiger partial charge >= 0.3 is 0 Å². The molecule has 12 heteroatoms. The first-order chi connectivity index (χ1) is 27.0. The molecule has 0 bridgehead atoms. The molecule has 4 heterocycles. The van der Waals surface area contributed by atoms with E-state index in [1.165, 1.54) is 0 Å². The van der Waals surface area contributed by atoms with Crippen LogP contribution in [0.4, 0.5) is 20.2 Å². The molecule has 0 saturated carbocycles. The number of amides is 4. The molecule has 2 aliphatic carbocycles. The SMILES string of the molecule is CCC(=O)N[C@@H]1c2cncc(-c3ccc4c(c3)CCC(=O)N4C)c2CC[C@H]1F.CCC(=O)N[C@H]1c2cncc(-c3ccc4c(c3)CCC(=O)N4C)c2CC[C@@H]1F. The van der Waals surface area contributed by atoms with Crippen molar-refractivity contribution in [3.8, 4) is 22.3 Å². The first-order valence-electron chi connectivity index (χ1n) is 19.6. The molecule has 0 spiro atoms. The highest BCUT2D eigenvalue weighted by Crippen LogP contribution is 2.41. The molecule has 2 aromatic heterocycles. The molecule has 4 atom stereocenters. The average Bonchev–Trinajstić information content (AvgIpc) is 3.22. The van der Waals surface area contributed by atoms with Gasteiger partial charge in [-0.25, -0.2) is 8.78 Å². The third-order valence-electron chi connectivity index (χ3n) is 11.7. The second-order valence-electron chi connectivity index (χ2n) is 15.0. The molecule has 0 radical (unpaired) electrons. The van der Waals surface area contributed by atoms with Gasteiger partial charge in [-0.05, 0) is 107 Å². The van der Waals surface area contributed by atoms with Gasteiger partial charge in [0.1, 0.15) is 12.3 Å². The number of aromatic nitrogens is 2. The van der Waals surface area contributed by atoms with E-state index in [0.717, 1.165) is 79.9 Å².